The van der Waals surface area contributed by atoms with Crippen LogP contribution in [-0.4, -0.2) is 16.7 Å². The summed E-state index contributed by atoms with van der Waals surface area (Å²) in [4.78, 5) is 30.4. The van der Waals surface area contributed by atoms with Gasteiger partial charge in [-0.05, 0) is 57.0 Å². The Kier molecular flexibility index (Phi) is 5.38. The van der Waals surface area contributed by atoms with Crippen molar-refractivity contribution in [2.75, 3.05) is 0 Å². The van der Waals surface area contributed by atoms with Gasteiger partial charge in [-0.25, -0.2) is 9.78 Å². The summed E-state index contributed by atoms with van der Waals surface area (Å²) in [6.45, 7) is 7.33. The van der Waals surface area contributed by atoms with E-state index in [0.29, 0.717) is 11.1 Å². The maximum Gasteiger partial charge on any atom is 0.344 e. The fourth-order valence-corrected chi connectivity index (χ4v) is 3.95. The normalized spacial score (nSPS) is 10.8. The van der Waals surface area contributed by atoms with E-state index in [-0.39, 0.29) is 11.5 Å². The van der Waals surface area contributed by atoms with Gasteiger partial charge >= 0.3 is 5.97 Å². The molecule has 0 saturated carbocycles. The smallest absolute Gasteiger partial charge is 0.344 e. The molecule has 0 N–H and O–H groups in total. The zero-order valence-electron chi connectivity index (χ0n) is 18.0. The molecule has 0 atom stereocenters. The van der Waals surface area contributed by atoms with Gasteiger partial charge in [0.05, 0.1) is 22.3 Å². The minimum absolute atomic E-state index is 0.156. The van der Waals surface area contributed by atoms with Crippen LogP contribution in [0.1, 0.15) is 44.3 Å². The average Bonchev–Trinajstić information content (AvgIpc) is 2.74. The van der Waals surface area contributed by atoms with Crippen molar-refractivity contribution in [3.05, 3.63) is 94.5 Å². The molecule has 0 saturated heterocycles. The van der Waals surface area contributed by atoms with Crippen LogP contribution in [0.5, 0.6) is 5.75 Å². The maximum absolute atomic E-state index is 13.5. The van der Waals surface area contributed by atoms with Crippen LogP contribution in [0.3, 0.4) is 0 Å². The zero-order chi connectivity index (χ0) is 22.1. The first-order chi connectivity index (χ1) is 14.9. The minimum Gasteiger partial charge on any atom is -0.422 e. The second-order valence-electron chi connectivity index (χ2n) is 7.75. The molecular formula is C27H23NO3. The van der Waals surface area contributed by atoms with Crippen molar-refractivity contribution in [1.82, 2.24) is 4.98 Å². The number of ketones is 1. The summed E-state index contributed by atoms with van der Waals surface area (Å²) in [5.74, 6) is -0.396. The van der Waals surface area contributed by atoms with Gasteiger partial charge in [-0.2, -0.15) is 0 Å². The fourth-order valence-electron chi connectivity index (χ4n) is 3.95. The number of esters is 1. The number of pyridine rings is 1. The summed E-state index contributed by atoms with van der Waals surface area (Å²) < 4.78 is 5.76. The first-order valence-corrected chi connectivity index (χ1v) is 10.2. The van der Waals surface area contributed by atoms with E-state index < -0.39 is 5.97 Å². The van der Waals surface area contributed by atoms with Crippen LogP contribution in [0.25, 0.3) is 22.2 Å². The van der Waals surface area contributed by atoms with E-state index in [2.05, 4.69) is 6.07 Å². The third kappa shape index (κ3) is 3.84. The molecule has 0 spiro atoms. The Morgan fingerprint density at radius 1 is 0.871 bits per heavy atom. The number of carbonyl (C=O) groups excluding carboxylic acids is 2. The number of benzene rings is 3. The molecule has 4 aromatic rings. The van der Waals surface area contributed by atoms with Gasteiger partial charge in [0.2, 0.25) is 0 Å². The van der Waals surface area contributed by atoms with Crippen molar-refractivity contribution in [2.45, 2.75) is 27.7 Å². The highest BCUT2D eigenvalue weighted by molar-refractivity contribution is 6.08. The highest BCUT2D eigenvalue weighted by Gasteiger charge is 2.23. The third-order valence-corrected chi connectivity index (χ3v) is 5.39. The standard InChI is InChI=1S/C27H23NO3/c1-16-14-17(2)25-22(15-16)24(18(3)26(28-25)20-10-6-5-7-11-20)27(30)31-23-13-9-8-12-21(23)19(4)29/h5-15H,1-4H3. The predicted molar refractivity (Wildman–Crippen MR) is 123 cm³/mol. The number of hydrogen-bond donors (Lipinski definition) is 0. The molecule has 0 radical (unpaired) electrons. The molecule has 4 rings (SSSR count). The molecule has 4 nitrogen and oxygen atoms in total. The van der Waals surface area contributed by atoms with Gasteiger partial charge in [-0.15, -0.1) is 0 Å². The molecule has 0 amide bonds. The molecule has 1 aromatic heterocycles. The van der Waals surface area contributed by atoms with E-state index in [1.165, 1.54) is 6.92 Å². The Hall–Kier alpha value is -3.79. The highest BCUT2D eigenvalue weighted by atomic mass is 16.5. The van der Waals surface area contributed by atoms with Gasteiger partial charge < -0.3 is 4.74 Å². The number of para-hydroxylation sites is 1. The molecule has 0 bridgehead atoms. The molecule has 31 heavy (non-hydrogen) atoms. The van der Waals surface area contributed by atoms with Gasteiger partial charge in [-0.1, -0.05) is 54.1 Å². The number of ether oxygens (including phenoxy) is 1. The number of hydrogen-bond acceptors (Lipinski definition) is 4. The largest absolute Gasteiger partial charge is 0.422 e. The summed E-state index contributed by atoms with van der Waals surface area (Å²) in [6, 6.07) is 20.6. The second kappa shape index (κ2) is 8.15. The van der Waals surface area contributed by atoms with Crippen LogP contribution in [0, 0.1) is 20.8 Å². The summed E-state index contributed by atoms with van der Waals surface area (Å²) in [5.41, 5.74) is 6.06. The van der Waals surface area contributed by atoms with Crippen molar-refractivity contribution in [1.29, 1.82) is 0 Å². The number of Topliss-reactive ketones (excluding diaryl/α,β-unsaturated/α-hetero) is 1. The summed E-state index contributed by atoms with van der Waals surface area (Å²) in [5, 5.41) is 0.750. The quantitative estimate of drug-likeness (QED) is 0.227. The molecule has 154 valence electrons. The molecule has 4 heteroatoms. The van der Waals surface area contributed by atoms with Gasteiger partial charge in [0, 0.05) is 10.9 Å². The number of aromatic nitrogens is 1. The highest BCUT2D eigenvalue weighted by Crippen LogP contribution is 2.33. The molecule has 0 aliphatic heterocycles. The summed E-state index contributed by atoms with van der Waals surface area (Å²) >= 11 is 0. The van der Waals surface area contributed by atoms with Gasteiger partial charge in [0.15, 0.2) is 5.78 Å². The minimum atomic E-state index is -0.499. The molecular weight excluding hydrogens is 386 g/mol. The molecule has 3 aromatic carbocycles. The summed E-state index contributed by atoms with van der Waals surface area (Å²) in [7, 11) is 0. The number of carbonyl (C=O) groups is 2. The van der Waals surface area contributed by atoms with Crippen LogP contribution in [0.2, 0.25) is 0 Å². The monoisotopic (exact) mass is 409 g/mol. The second-order valence-corrected chi connectivity index (χ2v) is 7.75. The lowest BCUT2D eigenvalue weighted by molar-refractivity contribution is 0.0734. The topological polar surface area (TPSA) is 56.3 Å². The summed E-state index contributed by atoms with van der Waals surface area (Å²) in [6.07, 6.45) is 0. The van der Waals surface area contributed by atoms with Gasteiger partial charge in [-0.3, -0.25) is 4.79 Å². The van der Waals surface area contributed by atoms with Crippen molar-refractivity contribution in [3.8, 4) is 17.0 Å². The lowest BCUT2D eigenvalue weighted by atomic mass is 9.95. The first kappa shape index (κ1) is 20.5. The van der Waals surface area contributed by atoms with Gasteiger partial charge in [0.25, 0.3) is 0 Å². The van der Waals surface area contributed by atoms with E-state index in [9.17, 15) is 9.59 Å². The predicted octanol–water partition coefficient (Wildman–Crippen LogP) is 6.25. The van der Waals surface area contributed by atoms with E-state index >= 15 is 0 Å². The Morgan fingerprint density at radius 3 is 2.26 bits per heavy atom. The number of nitrogens with zero attached hydrogens (tertiary/aromatic N) is 1. The van der Waals surface area contributed by atoms with Crippen LogP contribution >= 0.6 is 0 Å². The molecule has 0 aliphatic rings. The van der Waals surface area contributed by atoms with Crippen LogP contribution in [0.15, 0.2) is 66.7 Å². The Balaban J connectivity index is 1.95. The number of aryl methyl sites for hydroxylation is 2. The SMILES string of the molecule is CC(=O)c1ccccc1OC(=O)c1c(C)c(-c2ccccc2)nc2c(C)cc(C)cc12. The van der Waals surface area contributed by atoms with Gasteiger partial charge in [0.1, 0.15) is 5.75 Å². The first-order valence-electron chi connectivity index (χ1n) is 10.2. The van der Waals surface area contributed by atoms with Crippen molar-refractivity contribution < 1.29 is 14.3 Å². The Morgan fingerprint density at radius 2 is 1.55 bits per heavy atom. The van der Waals surface area contributed by atoms with Crippen molar-refractivity contribution in [3.63, 3.8) is 0 Å². The maximum atomic E-state index is 13.5. The number of fused-ring (bicyclic) bond motifs is 1. The molecule has 0 fully saturated rings. The molecule has 0 aliphatic carbocycles. The number of rotatable bonds is 4. The Labute approximate surface area is 181 Å². The fraction of sp³-hybridized carbons (Fsp3) is 0.148. The van der Waals surface area contributed by atoms with E-state index in [0.717, 1.165) is 38.9 Å². The van der Waals surface area contributed by atoms with Crippen molar-refractivity contribution >= 4 is 22.7 Å². The van der Waals surface area contributed by atoms with E-state index in [4.69, 9.17) is 9.72 Å². The Bertz CT molecular complexity index is 1320. The van der Waals surface area contributed by atoms with Crippen LogP contribution in [0.4, 0.5) is 0 Å². The van der Waals surface area contributed by atoms with Crippen LogP contribution in [-0.2, 0) is 0 Å². The molecule has 0 unspecified atom stereocenters. The third-order valence-electron chi connectivity index (χ3n) is 5.39. The average molecular weight is 409 g/mol. The van der Waals surface area contributed by atoms with Crippen LogP contribution < -0.4 is 4.74 Å². The lowest BCUT2D eigenvalue weighted by Crippen LogP contribution is -2.14. The van der Waals surface area contributed by atoms with E-state index in [1.807, 2.05) is 57.2 Å². The molecule has 1 heterocycles. The van der Waals surface area contributed by atoms with Crippen molar-refractivity contribution in [2.24, 2.45) is 0 Å². The lowest BCUT2D eigenvalue weighted by Gasteiger charge is -2.16. The zero-order valence-corrected chi connectivity index (χ0v) is 18.0. The van der Waals surface area contributed by atoms with E-state index in [1.54, 1.807) is 24.3 Å².